The van der Waals surface area contributed by atoms with Crippen LogP contribution in [0.15, 0.2) is 66.2 Å². The lowest BCUT2D eigenvalue weighted by Gasteiger charge is -2.04. The van der Waals surface area contributed by atoms with Crippen molar-refractivity contribution in [2.24, 2.45) is 5.92 Å². The molecule has 0 unspecified atom stereocenters. The molecule has 2 rings (SSSR count). The minimum atomic E-state index is 0.322. The first-order valence-corrected chi connectivity index (χ1v) is 7.04. The van der Waals surface area contributed by atoms with Crippen LogP contribution in [0.1, 0.15) is 32.8 Å². The van der Waals surface area contributed by atoms with Crippen LogP contribution in [-0.4, -0.2) is 5.11 Å². The summed E-state index contributed by atoms with van der Waals surface area (Å²) in [5.74, 6) is 1.07. The largest absolute Gasteiger partial charge is 0.508 e. The molecule has 106 valence electrons. The molecule has 0 aromatic heterocycles. The Labute approximate surface area is 122 Å². The van der Waals surface area contributed by atoms with Crippen LogP contribution in [0.5, 0.6) is 5.75 Å². The third-order valence-electron chi connectivity index (χ3n) is 2.70. The Morgan fingerprint density at radius 3 is 1.85 bits per heavy atom. The molecule has 0 saturated heterocycles. The number of phenolic OH excluding ortho intramolecular Hbond substituents is 1. The maximum Gasteiger partial charge on any atom is 0.115 e. The number of aromatic hydroxyl groups is 1. The molecule has 1 N–H and O–H groups in total. The molecule has 1 nitrogen and oxygen atoms in total. The molecule has 0 atom stereocenters. The first-order chi connectivity index (χ1) is 9.58. The van der Waals surface area contributed by atoms with Crippen LogP contribution in [-0.2, 0) is 0 Å². The van der Waals surface area contributed by atoms with Crippen molar-refractivity contribution in [3.8, 4) is 5.75 Å². The zero-order chi connectivity index (χ0) is 14.8. The fourth-order valence-electron chi connectivity index (χ4n) is 1.96. The molecule has 0 amide bonds. The van der Waals surface area contributed by atoms with E-state index >= 15 is 0 Å². The molecule has 0 aliphatic rings. The summed E-state index contributed by atoms with van der Waals surface area (Å²) in [6.45, 7) is 6.71. The summed E-state index contributed by atoms with van der Waals surface area (Å²) in [5, 5.41) is 8.63. The van der Waals surface area contributed by atoms with Gasteiger partial charge in [0.15, 0.2) is 0 Å². The van der Waals surface area contributed by atoms with E-state index in [2.05, 4.69) is 57.2 Å². The van der Waals surface area contributed by atoms with E-state index in [4.69, 9.17) is 5.11 Å². The van der Waals surface area contributed by atoms with Crippen LogP contribution in [0.25, 0.3) is 6.08 Å². The highest BCUT2D eigenvalue weighted by Crippen LogP contribution is 2.13. The maximum atomic E-state index is 8.63. The van der Waals surface area contributed by atoms with Gasteiger partial charge in [0.1, 0.15) is 5.75 Å². The fraction of sp³-hybridized carbons (Fsp3) is 0.263. The summed E-state index contributed by atoms with van der Waals surface area (Å²) in [6, 6.07) is 19.2. The number of hydrogen-bond donors (Lipinski definition) is 1. The van der Waals surface area contributed by atoms with Crippen LogP contribution in [0.2, 0.25) is 0 Å². The van der Waals surface area contributed by atoms with Crippen molar-refractivity contribution < 1.29 is 5.11 Å². The van der Waals surface area contributed by atoms with Crippen molar-refractivity contribution in [2.45, 2.75) is 27.2 Å². The van der Waals surface area contributed by atoms with E-state index in [9.17, 15) is 0 Å². The zero-order valence-corrected chi connectivity index (χ0v) is 12.6. The van der Waals surface area contributed by atoms with E-state index in [0.29, 0.717) is 5.75 Å². The Morgan fingerprint density at radius 2 is 1.45 bits per heavy atom. The summed E-state index contributed by atoms with van der Waals surface area (Å²) in [7, 11) is 0. The number of hydrogen-bond acceptors (Lipinski definition) is 1. The molecule has 0 aliphatic heterocycles. The van der Waals surface area contributed by atoms with Crippen LogP contribution in [0.4, 0.5) is 0 Å². The Kier molecular flexibility index (Phi) is 7.20. The Balaban J connectivity index is 0.000000240. The van der Waals surface area contributed by atoms with Gasteiger partial charge in [-0.15, -0.1) is 0 Å². The van der Waals surface area contributed by atoms with Gasteiger partial charge in [0.25, 0.3) is 0 Å². The first kappa shape index (κ1) is 16.0. The number of phenols is 1. The normalized spacial score (nSPS) is 10.9. The standard InChI is InChI=1S/C13H18.C6H6O/c1-11(2)9-12(3)10-13-7-5-4-6-8-13;7-6-4-2-1-3-5-6/h4-8,10-11H,9H2,1-3H3;1-5,7H. The molecule has 0 spiro atoms. The van der Waals surface area contributed by atoms with Gasteiger partial charge >= 0.3 is 0 Å². The van der Waals surface area contributed by atoms with Gasteiger partial charge in [0, 0.05) is 0 Å². The van der Waals surface area contributed by atoms with Gasteiger partial charge in [-0.25, -0.2) is 0 Å². The molecular formula is C19H24O. The van der Waals surface area contributed by atoms with E-state index in [1.807, 2.05) is 6.07 Å². The number of rotatable bonds is 3. The minimum Gasteiger partial charge on any atom is -0.508 e. The van der Waals surface area contributed by atoms with Crippen LogP contribution >= 0.6 is 0 Å². The molecule has 0 heterocycles. The topological polar surface area (TPSA) is 20.2 Å². The molecular weight excluding hydrogens is 244 g/mol. The Morgan fingerprint density at radius 1 is 0.950 bits per heavy atom. The molecule has 0 aliphatic carbocycles. The van der Waals surface area contributed by atoms with Gasteiger partial charge in [0.05, 0.1) is 0 Å². The molecule has 1 heteroatoms. The smallest absolute Gasteiger partial charge is 0.115 e. The molecule has 0 radical (unpaired) electrons. The third-order valence-corrected chi connectivity index (χ3v) is 2.70. The SMILES string of the molecule is CC(=Cc1ccccc1)CC(C)C.Oc1ccccc1. The molecule has 0 saturated carbocycles. The predicted octanol–water partition coefficient (Wildman–Crippen LogP) is 5.53. The summed E-state index contributed by atoms with van der Waals surface area (Å²) in [5.41, 5.74) is 2.77. The summed E-state index contributed by atoms with van der Waals surface area (Å²) < 4.78 is 0. The number of benzene rings is 2. The van der Waals surface area contributed by atoms with E-state index < -0.39 is 0 Å². The van der Waals surface area contributed by atoms with Crippen molar-refractivity contribution in [3.63, 3.8) is 0 Å². The van der Waals surface area contributed by atoms with Gasteiger partial charge in [-0.3, -0.25) is 0 Å². The van der Waals surface area contributed by atoms with Gasteiger partial charge in [-0.1, -0.05) is 74.0 Å². The van der Waals surface area contributed by atoms with Crippen molar-refractivity contribution in [1.82, 2.24) is 0 Å². The van der Waals surface area contributed by atoms with Gasteiger partial charge in [0.2, 0.25) is 0 Å². The number of para-hydroxylation sites is 1. The average molecular weight is 268 g/mol. The second kappa shape index (κ2) is 8.98. The summed E-state index contributed by atoms with van der Waals surface area (Å²) >= 11 is 0. The second-order valence-corrected chi connectivity index (χ2v) is 5.33. The van der Waals surface area contributed by atoms with Gasteiger partial charge in [-0.05, 0) is 37.0 Å². The second-order valence-electron chi connectivity index (χ2n) is 5.33. The fourth-order valence-corrected chi connectivity index (χ4v) is 1.96. The number of allylic oxidation sites excluding steroid dienone is 1. The van der Waals surface area contributed by atoms with Gasteiger partial charge < -0.3 is 5.11 Å². The lowest BCUT2D eigenvalue weighted by atomic mass is 10.0. The molecule has 0 bridgehead atoms. The Hall–Kier alpha value is -2.02. The predicted molar refractivity (Wildman–Crippen MR) is 87.7 cm³/mol. The van der Waals surface area contributed by atoms with E-state index in [1.165, 1.54) is 17.6 Å². The third kappa shape index (κ3) is 7.42. The molecule has 2 aromatic carbocycles. The summed E-state index contributed by atoms with van der Waals surface area (Å²) in [6.07, 6.45) is 3.45. The van der Waals surface area contributed by atoms with Gasteiger partial charge in [-0.2, -0.15) is 0 Å². The van der Waals surface area contributed by atoms with Crippen LogP contribution < -0.4 is 0 Å². The monoisotopic (exact) mass is 268 g/mol. The Bertz CT molecular complexity index is 498. The highest BCUT2D eigenvalue weighted by Gasteiger charge is 1.95. The quantitative estimate of drug-likeness (QED) is 0.776. The zero-order valence-electron chi connectivity index (χ0n) is 12.6. The highest BCUT2D eigenvalue weighted by atomic mass is 16.3. The lowest BCUT2D eigenvalue weighted by Crippen LogP contribution is -1.87. The van der Waals surface area contributed by atoms with Crippen molar-refractivity contribution >= 4 is 6.08 Å². The van der Waals surface area contributed by atoms with Crippen molar-refractivity contribution in [1.29, 1.82) is 0 Å². The van der Waals surface area contributed by atoms with E-state index in [0.717, 1.165) is 5.92 Å². The van der Waals surface area contributed by atoms with Crippen molar-refractivity contribution in [3.05, 3.63) is 71.8 Å². The highest BCUT2D eigenvalue weighted by molar-refractivity contribution is 5.51. The van der Waals surface area contributed by atoms with E-state index in [1.54, 1.807) is 24.3 Å². The maximum absolute atomic E-state index is 8.63. The van der Waals surface area contributed by atoms with Crippen molar-refractivity contribution in [2.75, 3.05) is 0 Å². The summed E-state index contributed by atoms with van der Waals surface area (Å²) in [4.78, 5) is 0. The molecule has 20 heavy (non-hydrogen) atoms. The minimum absolute atomic E-state index is 0.322. The van der Waals surface area contributed by atoms with Crippen LogP contribution in [0, 0.1) is 5.92 Å². The van der Waals surface area contributed by atoms with Crippen LogP contribution in [0.3, 0.4) is 0 Å². The first-order valence-electron chi connectivity index (χ1n) is 7.04. The lowest BCUT2D eigenvalue weighted by molar-refractivity contribution is 0.475. The molecule has 0 fully saturated rings. The average Bonchev–Trinajstić information content (AvgIpc) is 2.40. The molecule has 2 aromatic rings. The van der Waals surface area contributed by atoms with E-state index in [-0.39, 0.29) is 0 Å².